The molecule has 0 amide bonds. The van der Waals surface area contributed by atoms with Gasteiger partial charge in [-0.3, -0.25) is 0 Å². The molecule has 11 heteroatoms. The molecule has 0 N–H and O–H groups in total. The molecule has 0 rings (SSSR count). The van der Waals surface area contributed by atoms with E-state index in [0.717, 1.165) is 0 Å². The molecule has 0 aromatic carbocycles. The first-order chi connectivity index (χ1) is 0. The molecule has 0 aliphatic rings. The first-order valence-corrected chi connectivity index (χ1v) is 0. The second kappa shape index (κ2) is 185. The van der Waals surface area contributed by atoms with Crippen molar-refractivity contribution in [3.8, 4) is 0 Å². The fourth-order valence-electron chi connectivity index (χ4n) is 0. The van der Waals surface area contributed by atoms with Gasteiger partial charge >= 0.3 is 34.7 Å². The van der Waals surface area contributed by atoms with Crippen LogP contribution in [0.4, 0.5) is 0 Å². The molecule has 0 unspecified atom stereocenters. The molecule has 0 heterocycles. The Balaban J connectivity index is 0. The molecule has 0 aliphatic heterocycles. The minimum Gasteiger partial charge on any atom is -2.00 e. The zero-order chi connectivity index (χ0) is 0. The number of hydrogen-bond acceptors (Lipinski definition) is 0. The molecule has 0 spiro atoms. The van der Waals surface area contributed by atoms with Gasteiger partial charge in [0.25, 0.3) is 0 Å². The first kappa shape index (κ1) is 232. The van der Waals surface area contributed by atoms with Gasteiger partial charge < -0.3 is 16.4 Å². The summed E-state index contributed by atoms with van der Waals surface area (Å²) in [6, 6.07) is 0. The Morgan fingerprint density at radius 2 is 0.455 bits per heavy atom. The molecule has 0 saturated heterocycles. The molecule has 11 heavy (non-hydrogen) atoms. The van der Waals surface area contributed by atoms with Crippen molar-refractivity contribution in [2.45, 2.75) is 0 Å². The fourth-order valence-corrected chi connectivity index (χ4v) is 0. The third-order valence-corrected chi connectivity index (χ3v) is 0. The van der Waals surface area contributed by atoms with Crippen LogP contribution in [0.3, 0.4) is 0 Å². The van der Waals surface area contributed by atoms with Crippen LogP contribution in [0.25, 0.3) is 0 Å². The molecule has 3 nitrogen and oxygen atoms in total. The van der Waals surface area contributed by atoms with E-state index in [-0.39, 0.29) is 128 Å². The van der Waals surface area contributed by atoms with E-state index < -0.39 is 0 Å². The maximum absolute atomic E-state index is 0. The van der Waals surface area contributed by atoms with Gasteiger partial charge in [0.2, 0.25) is 0 Å². The summed E-state index contributed by atoms with van der Waals surface area (Å²) in [6.07, 6.45) is 0. The van der Waals surface area contributed by atoms with Gasteiger partial charge in [-0.25, -0.2) is 0 Å². The molecule has 0 aromatic rings. The summed E-state index contributed by atoms with van der Waals surface area (Å²) >= 11 is 0. The molecule has 54 valence electrons. The van der Waals surface area contributed by atoms with Gasteiger partial charge in [0.1, 0.15) is 0 Å². The molecule has 0 bridgehead atoms. The van der Waals surface area contributed by atoms with Crippen LogP contribution in [0.1, 0.15) is 0 Å². The minimum absolute atomic E-state index is 0. The average molecular weight is 324 g/mol. The van der Waals surface area contributed by atoms with Crippen molar-refractivity contribution in [3.05, 3.63) is 0 Å². The SMILES string of the molecule is [Al+3].[Al+3].[Cr].[Cr].[O-2].[O-2].[O-2].[P].[P].[Si].[Si]. The van der Waals surface area contributed by atoms with Crippen molar-refractivity contribution in [1.82, 2.24) is 0 Å². The Labute approximate surface area is 126 Å². The van der Waals surface area contributed by atoms with Gasteiger partial charge in [0.05, 0.1) is 0 Å². The van der Waals surface area contributed by atoms with Crippen LogP contribution in [-0.4, -0.2) is 56.7 Å². The van der Waals surface area contributed by atoms with Crippen LogP contribution in [0, 0.1) is 0 Å². The van der Waals surface area contributed by atoms with Crippen LogP contribution >= 0.6 is 19.8 Å². The largest absolute Gasteiger partial charge is 3.00 e. The standard InChI is InChI=1S/2Al.2Cr.3O.2P.2Si/q2*+3;;;3*-2;;;;. The Morgan fingerprint density at radius 1 is 0.455 bits per heavy atom. The van der Waals surface area contributed by atoms with Crippen LogP contribution in [0.15, 0.2) is 0 Å². The van der Waals surface area contributed by atoms with E-state index in [9.17, 15) is 0 Å². The Kier molecular flexibility index (Phi) is 3890. The number of rotatable bonds is 0. The molecule has 14 radical (unpaired) electrons. The molecule has 0 atom stereocenters. The summed E-state index contributed by atoms with van der Waals surface area (Å²) in [5, 5.41) is 0. The summed E-state index contributed by atoms with van der Waals surface area (Å²) in [7, 11) is 0. The topological polar surface area (TPSA) is 85.5 Å². The second-order valence-corrected chi connectivity index (χ2v) is 0. The average Bonchev–Trinajstić information content (AvgIpc) is 0. The van der Waals surface area contributed by atoms with Gasteiger partial charge in [-0.15, -0.1) is 0 Å². The van der Waals surface area contributed by atoms with Gasteiger partial charge in [-0.05, 0) is 0 Å². The first-order valence-electron chi connectivity index (χ1n) is 0. The normalized spacial score (nSPS) is 0. The maximum Gasteiger partial charge on any atom is 3.00 e. The third-order valence-electron chi connectivity index (χ3n) is 0. The minimum atomic E-state index is 0. The van der Waals surface area contributed by atoms with Crippen molar-refractivity contribution >= 4 is 76.5 Å². The Hall–Kier alpha value is 3.30. The van der Waals surface area contributed by atoms with E-state index in [4.69, 9.17) is 0 Å². The summed E-state index contributed by atoms with van der Waals surface area (Å²) in [5.74, 6) is 0. The summed E-state index contributed by atoms with van der Waals surface area (Å²) in [6.45, 7) is 0. The maximum atomic E-state index is 0. The van der Waals surface area contributed by atoms with E-state index >= 15 is 0 Å². The van der Waals surface area contributed by atoms with Crippen LogP contribution in [0.2, 0.25) is 0 Å². The summed E-state index contributed by atoms with van der Waals surface area (Å²) < 4.78 is 0. The van der Waals surface area contributed by atoms with E-state index in [0.29, 0.717) is 0 Å². The monoisotopic (exact) mass is 324 g/mol. The van der Waals surface area contributed by atoms with Crippen LogP contribution in [-0.2, 0) is 51.2 Å². The Bertz CT molecular complexity index is 25.3. The summed E-state index contributed by atoms with van der Waals surface area (Å²) in [5.41, 5.74) is 0. The van der Waals surface area contributed by atoms with Gasteiger partial charge in [0, 0.05) is 76.5 Å². The van der Waals surface area contributed by atoms with E-state index in [1.165, 1.54) is 0 Å². The molecular weight excluding hydrogens is 324 g/mol. The predicted octanol–water partition coefficient (Wildman–Crippen LogP) is -0.162. The fraction of sp³-hybridized carbons (Fsp3) is 0. The van der Waals surface area contributed by atoms with Crippen molar-refractivity contribution in [1.29, 1.82) is 0 Å². The zero-order valence-corrected chi connectivity index (χ0v) is 13.7. The second-order valence-electron chi connectivity index (χ2n) is 0. The van der Waals surface area contributed by atoms with Crippen molar-refractivity contribution in [3.63, 3.8) is 0 Å². The molecule has 0 aliphatic carbocycles. The quantitative estimate of drug-likeness (QED) is 0.438. The molecule has 0 aromatic heterocycles. The zero-order valence-electron chi connectivity index (χ0n) is 5.09. The predicted molar refractivity (Wildman–Crippen MR) is 38.9 cm³/mol. The van der Waals surface area contributed by atoms with E-state index in [1.807, 2.05) is 0 Å². The van der Waals surface area contributed by atoms with Crippen molar-refractivity contribution < 1.29 is 51.2 Å². The Morgan fingerprint density at radius 3 is 0.455 bits per heavy atom. The molecule has 0 saturated carbocycles. The van der Waals surface area contributed by atoms with Crippen molar-refractivity contribution in [2.24, 2.45) is 0 Å². The van der Waals surface area contributed by atoms with Crippen LogP contribution < -0.4 is 0 Å². The van der Waals surface area contributed by atoms with Crippen molar-refractivity contribution in [2.75, 3.05) is 0 Å². The van der Waals surface area contributed by atoms with Gasteiger partial charge in [-0.1, -0.05) is 0 Å². The summed E-state index contributed by atoms with van der Waals surface area (Å²) in [4.78, 5) is 0. The van der Waals surface area contributed by atoms with E-state index in [1.54, 1.807) is 0 Å². The molecule has 0 fully saturated rings. The third kappa shape index (κ3) is 156. The van der Waals surface area contributed by atoms with Gasteiger partial charge in [0.15, 0.2) is 0 Å². The molecular formula is Al2Cr2O3P2Si2. The number of hydrogen-bond donors (Lipinski definition) is 0. The van der Waals surface area contributed by atoms with Crippen LogP contribution in [0.5, 0.6) is 0 Å². The van der Waals surface area contributed by atoms with E-state index in [2.05, 4.69) is 0 Å². The van der Waals surface area contributed by atoms with Gasteiger partial charge in [-0.2, -0.15) is 0 Å². The smallest absolute Gasteiger partial charge is 2.00 e.